The number of carbonyl (C=O) groups excluding carboxylic acids is 2. The summed E-state index contributed by atoms with van der Waals surface area (Å²) < 4.78 is 16.0. The Kier molecular flexibility index (Phi) is 7.88. The number of rotatable bonds is 8. The summed E-state index contributed by atoms with van der Waals surface area (Å²) in [5.74, 6) is 0.00605. The molecule has 0 spiro atoms. The molecule has 0 unspecified atom stereocenters. The van der Waals surface area contributed by atoms with Gasteiger partial charge in [-0.1, -0.05) is 18.5 Å². The highest BCUT2D eigenvalue weighted by Crippen LogP contribution is 2.28. The van der Waals surface area contributed by atoms with Gasteiger partial charge in [-0.2, -0.15) is 0 Å². The lowest BCUT2D eigenvalue weighted by Crippen LogP contribution is -2.42. The Bertz CT molecular complexity index is 844. The first-order valence-corrected chi connectivity index (χ1v) is 9.08. The van der Waals surface area contributed by atoms with Crippen molar-refractivity contribution >= 4 is 23.4 Å². The lowest BCUT2D eigenvalue weighted by atomic mass is 10.2. The van der Waals surface area contributed by atoms with Crippen LogP contribution in [-0.2, 0) is 0 Å². The van der Waals surface area contributed by atoms with Crippen molar-refractivity contribution in [3.05, 3.63) is 46.6 Å². The van der Waals surface area contributed by atoms with Gasteiger partial charge in [0.15, 0.2) is 17.2 Å². The second-order valence-corrected chi connectivity index (χ2v) is 5.94. The Labute approximate surface area is 168 Å². The standard InChI is InChI=1S/C19H22ClN3O5/c1-4-10-28-14-8-6-12(11-15(14)26-3)18(24)22-23-19(25)17-13(20)7-9-16(21-17)27-5-2/h6-9,11H,4-5,10H2,1-3H3,(H,22,24)(H,23,25). The third kappa shape index (κ3) is 5.50. The van der Waals surface area contributed by atoms with Crippen LogP contribution in [0.4, 0.5) is 0 Å². The topological polar surface area (TPSA) is 98.8 Å². The second kappa shape index (κ2) is 10.4. The molecule has 2 rings (SSSR count). The molecule has 2 aromatic rings. The van der Waals surface area contributed by atoms with Crippen LogP contribution < -0.4 is 25.1 Å². The van der Waals surface area contributed by atoms with Crippen LogP contribution >= 0.6 is 11.6 Å². The summed E-state index contributed by atoms with van der Waals surface area (Å²) in [6.45, 7) is 4.71. The van der Waals surface area contributed by atoms with Crippen molar-refractivity contribution in [1.82, 2.24) is 15.8 Å². The summed E-state index contributed by atoms with van der Waals surface area (Å²) in [6, 6.07) is 7.77. The molecule has 0 fully saturated rings. The van der Waals surface area contributed by atoms with Crippen molar-refractivity contribution in [1.29, 1.82) is 0 Å². The van der Waals surface area contributed by atoms with Crippen LogP contribution in [0.1, 0.15) is 41.1 Å². The summed E-state index contributed by atoms with van der Waals surface area (Å²) in [5.41, 5.74) is 4.82. The van der Waals surface area contributed by atoms with Gasteiger partial charge in [-0.15, -0.1) is 0 Å². The van der Waals surface area contributed by atoms with E-state index in [1.165, 1.54) is 19.2 Å². The van der Waals surface area contributed by atoms with Gasteiger partial charge in [0.25, 0.3) is 11.8 Å². The van der Waals surface area contributed by atoms with E-state index in [1.807, 2.05) is 6.92 Å². The molecule has 1 heterocycles. The number of amides is 2. The van der Waals surface area contributed by atoms with Gasteiger partial charge in [0, 0.05) is 11.6 Å². The molecule has 9 heteroatoms. The number of nitrogens with zero attached hydrogens (tertiary/aromatic N) is 1. The predicted octanol–water partition coefficient (Wildman–Crippen LogP) is 3.01. The van der Waals surface area contributed by atoms with Crippen LogP contribution in [0.15, 0.2) is 30.3 Å². The highest BCUT2D eigenvalue weighted by molar-refractivity contribution is 6.33. The van der Waals surface area contributed by atoms with Gasteiger partial charge in [0.2, 0.25) is 5.88 Å². The number of benzene rings is 1. The number of aromatic nitrogens is 1. The summed E-state index contributed by atoms with van der Waals surface area (Å²) in [4.78, 5) is 28.6. The van der Waals surface area contributed by atoms with Crippen molar-refractivity contribution in [2.75, 3.05) is 20.3 Å². The zero-order chi connectivity index (χ0) is 20.5. The first-order valence-electron chi connectivity index (χ1n) is 8.71. The van der Waals surface area contributed by atoms with E-state index in [1.54, 1.807) is 25.1 Å². The smallest absolute Gasteiger partial charge is 0.289 e. The fourth-order valence-corrected chi connectivity index (χ4v) is 2.39. The van der Waals surface area contributed by atoms with E-state index in [9.17, 15) is 9.59 Å². The summed E-state index contributed by atoms with van der Waals surface area (Å²) >= 11 is 6.00. The number of hydrogen-bond acceptors (Lipinski definition) is 6. The molecule has 1 aromatic heterocycles. The number of hydrazine groups is 1. The van der Waals surface area contributed by atoms with E-state index >= 15 is 0 Å². The molecule has 0 aliphatic rings. The van der Waals surface area contributed by atoms with Crippen molar-refractivity contribution in [2.24, 2.45) is 0 Å². The lowest BCUT2D eigenvalue weighted by Gasteiger charge is -2.12. The molecular weight excluding hydrogens is 386 g/mol. The molecule has 2 N–H and O–H groups in total. The van der Waals surface area contributed by atoms with Gasteiger partial charge in [0.05, 0.1) is 25.3 Å². The third-order valence-corrected chi connectivity index (χ3v) is 3.81. The quantitative estimate of drug-likeness (QED) is 0.652. The maximum atomic E-state index is 12.3. The SMILES string of the molecule is CCCOc1ccc(C(=O)NNC(=O)c2nc(OCC)ccc2Cl)cc1OC. The molecule has 0 saturated carbocycles. The molecule has 8 nitrogen and oxygen atoms in total. The maximum absolute atomic E-state index is 12.3. The molecule has 0 aliphatic heterocycles. The molecule has 0 bridgehead atoms. The van der Waals surface area contributed by atoms with Gasteiger partial charge >= 0.3 is 0 Å². The van der Waals surface area contributed by atoms with Crippen LogP contribution in [0.5, 0.6) is 17.4 Å². The van der Waals surface area contributed by atoms with E-state index < -0.39 is 11.8 Å². The van der Waals surface area contributed by atoms with E-state index in [0.29, 0.717) is 24.7 Å². The average molecular weight is 408 g/mol. The first kappa shape index (κ1) is 21.3. The number of hydrogen-bond donors (Lipinski definition) is 2. The van der Waals surface area contributed by atoms with Crippen LogP contribution in [0.2, 0.25) is 5.02 Å². The molecule has 28 heavy (non-hydrogen) atoms. The minimum atomic E-state index is -0.672. The molecule has 150 valence electrons. The van der Waals surface area contributed by atoms with E-state index in [4.69, 9.17) is 25.8 Å². The maximum Gasteiger partial charge on any atom is 0.289 e. The highest BCUT2D eigenvalue weighted by atomic mass is 35.5. The van der Waals surface area contributed by atoms with Gasteiger partial charge < -0.3 is 14.2 Å². The average Bonchev–Trinajstić information content (AvgIpc) is 2.71. The van der Waals surface area contributed by atoms with Crippen LogP contribution in [0.3, 0.4) is 0 Å². The van der Waals surface area contributed by atoms with Crippen LogP contribution in [-0.4, -0.2) is 37.1 Å². The van der Waals surface area contributed by atoms with E-state index in [-0.39, 0.29) is 22.2 Å². The fourth-order valence-electron chi connectivity index (χ4n) is 2.20. The Balaban J connectivity index is 2.05. The Morgan fingerprint density at radius 2 is 1.79 bits per heavy atom. The number of methoxy groups -OCH3 is 1. The number of pyridine rings is 1. The zero-order valence-corrected chi connectivity index (χ0v) is 16.6. The van der Waals surface area contributed by atoms with E-state index in [2.05, 4.69) is 15.8 Å². The summed E-state index contributed by atoms with van der Waals surface area (Å²) in [7, 11) is 1.48. The molecule has 2 amide bonds. The van der Waals surface area contributed by atoms with E-state index in [0.717, 1.165) is 6.42 Å². The minimum Gasteiger partial charge on any atom is -0.493 e. The predicted molar refractivity (Wildman–Crippen MR) is 104 cm³/mol. The monoisotopic (exact) mass is 407 g/mol. The van der Waals surface area contributed by atoms with Crippen molar-refractivity contribution in [3.63, 3.8) is 0 Å². The Hall–Kier alpha value is -3.00. The van der Waals surface area contributed by atoms with Gasteiger partial charge in [0.1, 0.15) is 0 Å². The number of ether oxygens (including phenoxy) is 3. The summed E-state index contributed by atoms with van der Waals surface area (Å²) in [5, 5.41) is 0.134. The third-order valence-electron chi connectivity index (χ3n) is 3.50. The molecule has 0 aliphatic carbocycles. The number of carbonyl (C=O) groups is 2. The molecule has 0 saturated heterocycles. The second-order valence-electron chi connectivity index (χ2n) is 5.54. The molecule has 0 radical (unpaired) electrons. The van der Waals surface area contributed by atoms with Crippen molar-refractivity contribution in [3.8, 4) is 17.4 Å². The van der Waals surface area contributed by atoms with Crippen LogP contribution in [0, 0.1) is 0 Å². The first-order chi connectivity index (χ1) is 13.5. The highest BCUT2D eigenvalue weighted by Gasteiger charge is 2.16. The lowest BCUT2D eigenvalue weighted by molar-refractivity contribution is 0.0843. The zero-order valence-electron chi connectivity index (χ0n) is 15.9. The summed E-state index contributed by atoms with van der Waals surface area (Å²) in [6.07, 6.45) is 0.846. The Morgan fingerprint density at radius 1 is 1.04 bits per heavy atom. The number of halogens is 1. The largest absolute Gasteiger partial charge is 0.493 e. The molecule has 1 aromatic carbocycles. The molecular formula is C19H22ClN3O5. The molecule has 0 atom stereocenters. The number of nitrogens with one attached hydrogen (secondary N) is 2. The van der Waals surface area contributed by atoms with Crippen molar-refractivity contribution < 1.29 is 23.8 Å². The van der Waals surface area contributed by atoms with Crippen molar-refractivity contribution in [2.45, 2.75) is 20.3 Å². The Morgan fingerprint density at radius 3 is 2.46 bits per heavy atom. The normalized spacial score (nSPS) is 10.1. The van der Waals surface area contributed by atoms with Gasteiger partial charge in [-0.25, -0.2) is 4.98 Å². The van der Waals surface area contributed by atoms with Gasteiger partial charge in [-0.05, 0) is 37.6 Å². The van der Waals surface area contributed by atoms with Gasteiger partial charge in [-0.3, -0.25) is 20.4 Å². The fraction of sp³-hybridized carbons (Fsp3) is 0.316. The van der Waals surface area contributed by atoms with Crippen LogP contribution in [0.25, 0.3) is 0 Å². The minimum absolute atomic E-state index is 0.0613.